The van der Waals surface area contributed by atoms with Crippen molar-refractivity contribution in [3.8, 4) is 0 Å². The molecule has 0 atom stereocenters. The fourth-order valence-corrected chi connectivity index (χ4v) is 3.18. The minimum atomic E-state index is 0.605. The standard InChI is InChI=1S/C15H25N3/c1-2-3-14(4-9-16)18-12-7-15(8-13-18)5-10-17-11-6-15/h2-4,9,17H,1,5-8,10-13,16H2/b9-4-,14-3+. The number of nitrogens with two attached hydrogens (primary N) is 1. The highest BCUT2D eigenvalue weighted by Gasteiger charge is 2.35. The molecule has 2 aliphatic heterocycles. The Bertz CT molecular complexity index is 328. The number of hydrogen-bond acceptors (Lipinski definition) is 3. The molecule has 3 heteroatoms. The van der Waals surface area contributed by atoms with Crippen LogP contribution in [0.5, 0.6) is 0 Å². The summed E-state index contributed by atoms with van der Waals surface area (Å²) in [7, 11) is 0. The molecule has 1 spiro atoms. The molecule has 0 bridgehead atoms. The molecule has 0 radical (unpaired) electrons. The summed E-state index contributed by atoms with van der Waals surface area (Å²) in [6, 6.07) is 0. The largest absolute Gasteiger partial charge is 0.405 e. The number of nitrogens with zero attached hydrogens (tertiary/aromatic N) is 1. The first-order chi connectivity index (χ1) is 8.79. The van der Waals surface area contributed by atoms with Gasteiger partial charge in [-0.3, -0.25) is 0 Å². The van der Waals surface area contributed by atoms with Crippen molar-refractivity contribution in [1.29, 1.82) is 0 Å². The van der Waals surface area contributed by atoms with Gasteiger partial charge >= 0.3 is 0 Å². The zero-order valence-corrected chi connectivity index (χ0v) is 11.2. The van der Waals surface area contributed by atoms with Crippen molar-refractivity contribution in [1.82, 2.24) is 10.2 Å². The van der Waals surface area contributed by atoms with Crippen LogP contribution in [-0.4, -0.2) is 31.1 Å². The van der Waals surface area contributed by atoms with Gasteiger partial charge in [-0.15, -0.1) is 0 Å². The smallest absolute Gasteiger partial charge is 0.0380 e. The number of likely N-dealkylation sites (tertiary alicyclic amines) is 1. The summed E-state index contributed by atoms with van der Waals surface area (Å²) in [6.45, 7) is 8.45. The van der Waals surface area contributed by atoms with Gasteiger partial charge in [0.05, 0.1) is 0 Å². The Morgan fingerprint density at radius 2 is 1.83 bits per heavy atom. The maximum atomic E-state index is 5.51. The number of hydrogen-bond donors (Lipinski definition) is 2. The summed E-state index contributed by atoms with van der Waals surface area (Å²) in [5.74, 6) is 0. The van der Waals surface area contributed by atoms with Crippen LogP contribution in [0.3, 0.4) is 0 Å². The van der Waals surface area contributed by atoms with Crippen LogP contribution in [0, 0.1) is 5.41 Å². The van der Waals surface area contributed by atoms with E-state index in [1.54, 1.807) is 6.20 Å². The molecule has 0 amide bonds. The van der Waals surface area contributed by atoms with E-state index in [1.807, 2.05) is 18.2 Å². The number of nitrogens with one attached hydrogen (secondary N) is 1. The zero-order chi connectivity index (χ0) is 12.8. The zero-order valence-electron chi connectivity index (χ0n) is 11.2. The third-order valence-corrected chi connectivity index (χ3v) is 4.41. The van der Waals surface area contributed by atoms with E-state index in [2.05, 4.69) is 16.8 Å². The summed E-state index contributed by atoms with van der Waals surface area (Å²) in [6.07, 6.45) is 12.8. The second-order valence-electron chi connectivity index (χ2n) is 5.42. The van der Waals surface area contributed by atoms with Crippen LogP contribution < -0.4 is 11.1 Å². The van der Waals surface area contributed by atoms with E-state index in [4.69, 9.17) is 5.73 Å². The van der Waals surface area contributed by atoms with Crippen molar-refractivity contribution in [3.63, 3.8) is 0 Å². The minimum Gasteiger partial charge on any atom is -0.405 e. The Labute approximate surface area is 110 Å². The molecule has 3 nitrogen and oxygen atoms in total. The van der Waals surface area contributed by atoms with Crippen molar-refractivity contribution in [2.45, 2.75) is 25.7 Å². The summed E-state index contributed by atoms with van der Waals surface area (Å²) < 4.78 is 0. The quantitative estimate of drug-likeness (QED) is 0.749. The third kappa shape index (κ3) is 2.96. The Morgan fingerprint density at radius 3 is 2.39 bits per heavy atom. The van der Waals surface area contributed by atoms with E-state index < -0.39 is 0 Å². The lowest BCUT2D eigenvalue weighted by atomic mass is 9.71. The Kier molecular flexibility index (Phi) is 4.48. The van der Waals surface area contributed by atoms with Gasteiger partial charge in [-0.2, -0.15) is 0 Å². The van der Waals surface area contributed by atoms with E-state index in [0.717, 1.165) is 13.1 Å². The van der Waals surface area contributed by atoms with Crippen LogP contribution in [0.1, 0.15) is 25.7 Å². The predicted octanol–water partition coefficient (Wildman–Crippen LogP) is 1.99. The van der Waals surface area contributed by atoms with E-state index in [-0.39, 0.29) is 0 Å². The molecule has 2 aliphatic rings. The Hall–Kier alpha value is -1.22. The second kappa shape index (κ2) is 6.10. The molecule has 0 aromatic carbocycles. The lowest BCUT2D eigenvalue weighted by Gasteiger charge is -2.45. The van der Waals surface area contributed by atoms with Crippen LogP contribution in [0.2, 0.25) is 0 Å². The van der Waals surface area contributed by atoms with E-state index in [1.165, 1.54) is 44.5 Å². The van der Waals surface area contributed by atoms with Crippen LogP contribution in [0.25, 0.3) is 0 Å². The SMILES string of the molecule is C=C/C=C(\C=C/N)N1CCC2(CCNCC2)CC1. The van der Waals surface area contributed by atoms with Crippen LogP contribution in [0.15, 0.2) is 36.7 Å². The van der Waals surface area contributed by atoms with Crippen LogP contribution in [0.4, 0.5) is 0 Å². The van der Waals surface area contributed by atoms with Crippen LogP contribution in [-0.2, 0) is 0 Å². The van der Waals surface area contributed by atoms with Gasteiger partial charge in [-0.1, -0.05) is 12.7 Å². The maximum absolute atomic E-state index is 5.51. The third-order valence-electron chi connectivity index (χ3n) is 4.41. The van der Waals surface area contributed by atoms with Crippen molar-refractivity contribution in [3.05, 3.63) is 36.7 Å². The van der Waals surface area contributed by atoms with Crippen molar-refractivity contribution >= 4 is 0 Å². The molecular weight excluding hydrogens is 222 g/mol. The molecule has 100 valence electrons. The first-order valence-corrected chi connectivity index (χ1v) is 6.96. The highest BCUT2D eigenvalue weighted by Crippen LogP contribution is 2.40. The van der Waals surface area contributed by atoms with Crippen LogP contribution >= 0.6 is 0 Å². The van der Waals surface area contributed by atoms with Gasteiger partial charge in [0.1, 0.15) is 0 Å². The van der Waals surface area contributed by atoms with Crippen molar-refractivity contribution in [2.24, 2.45) is 11.1 Å². The van der Waals surface area contributed by atoms with Crippen molar-refractivity contribution in [2.75, 3.05) is 26.2 Å². The average molecular weight is 247 g/mol. The lowest BCUT2D eigenvalue weighted by Crippen LogP contribution is -2.45. The maximum Gasteiger partial charge on any atom is 0.0380 e. The van der Waals surface area contributed by atoms with Gasteiger partial charge in [0.25, 0.3) is 0 Å². The highest BCUT2D eigenvalue weighted by molar-refractivity contribution is 5.22. The molecule has 0 saturated carbocycles. The molecule has 0 aromatic heterocycles. The Morgan fingerprint density at radius 1 is 1.17 bits per heavy atom. The molecule has 2 fully saturated rings. The topological polar surface area (TPSA) is 41.3 Å². The first-order valence-electron chi connectivity index (χ1n) is 6.96. The molecule has 0 aromatic rings. The van der Waals surface area contributed by atoms with Crippen molar-refractivity contribution < 1.29 is 0 Å². The average Bonchev–Trinajstić information content (AvgIpc) is 2.40. The molecular formula is C15H25N3. The summed E-state index contributed by atoms with van der Waals surface area (Å²) in [5.41, 5.74) is 7.31. The molecule has 18 heavy (non-hydrogen) atoms. The molecule has 0 aliphatic carbocycles. The number of piperidine rings is 2. The monoisotopic (exact) mass is 247 g/mol. The van der Waals surface area contributed by atoms with E-state index >= 15 is 0 Å². The minimum absolute atomic E-state index is 0.605. The van der Waals surface area contributed by atoms with Gasteiger partial charge in [0, 0.05) is 18.8 Å². The lowest BCUT2D eigenvalue weighted by molar-refractivity contribution is 0.0929. The van der Waals surface area contributed by atoms with Gasteiger partial charge in [-0.05, 0) is 62.5 Å². The molecule has 2 saturated heterocycles. The van der Waals surface area contributed by atoms with E-state index in [0.29, 0.717) is 5.41 Å². The fraction of sp³-hybridized carbons (Fsp3) is 0.600. The van der Waals surface area contributed by atoms with Gasteiger partial charge < -0.3 is 16.0 Å². The summed E-state index contributed by atoms with van der Waals surface area (Å²) in [5, 5.41) is 3.46. The predicted molar refractivity (Wildman–Crippen MR) is 77.0 cm³/mol. The first kappa shape index (κ1) is 13.2. The second-order valence-corrected chi connectivity index (χ2v) is 5.42. The van der Waals surface area contributed by atoms with Gasteiger partial charge in [-0.25, -0.2) is 0 Å². The normalized spacial score (nSPS) is 24.7. The Balaban J connectivity index is 1.96. The molecule has 3 N–H and O–H groups in total. The number of rotatable bonds is 3. The van der Waals surface area contributed by atoms with Gasteiger partial charge in [0.2, 0.25) is 0 Å². The molecule has 2 rings (SSSR count). The summed E-state index contributed by atoms with van der Waals surface area (Å²) >= 11 is 0. The fourth-order valence-electron chi connectivity index (χ4n) is 3.18. The highest BCUT2D eigenvalue weighted by atomic mass is 15.1. The molecule has 2 heterocycles. The molecule has 0 unspecified atom stereocenters. The summed E-state index contributed by atoms with van der Waals surface area (Å²) in [4.78, 5) is 2.43. The van der Waals surface area contributed by atoms with E-state index in [9.17, 15) is 0 Å². The van der Waals surface area contributed by atoms with Gasteiger partial charge in [0.15, 0.2) is 0 Å². The number of allylic oxidation sites excluding steroid dienone is 3.